The lowest BCUT2D eigenvalue weighted by atomic mass is 10.00. The first-order valence-electron chi connectivity index (χ1n) is 3.99. The van der Waals surface area contributed by atoms with E-state index in [2.05, 4.69) is 0 Å². The van der Waals surface area contributed by atoms with Gasteiger partial charge in [0.05, 0.1) is 11.0 Å². The fourth-order valence-corrected chi connectivity index (χ4v) is 3.48. The van der Waals surface area contributed by atoms with Crippen molar-refractivity contribution in [2.45, 2.75) is 25.0 Å². The van der Waals surface area contributed by atoms with Crippen LogP contribution in [0, 0.1) is 5.92 Å². The summed E-state index contributed by atoms with van der Waals surface area (Å²) in [6, 6.07) is 0. The van der Waals surface area contributed by atoms with Crippen molar-refractivity contribution in [3.05, 3.63) is 0 Å². The zero-order valence-electron chi connectivity index (χ0n) is 6.79. The molecule has 0 amide bonds. The van der Waals surface area contributed by atoms with Crippen LogP contribution >= 0.6 is 0 Å². The molecule has 4 heteroatoms. The van der Waals surface area contributed by atoms with Gasteiger partial charge in [-0.25, -0.2) is 8.42 Å². The smallest absolute Gasteiger partial charge is 0.153 e. The molecular formula is C7H15NO2S. The van der Waals surface area contributed by atoms with Crippen LogP contribution < -0.4 is 5.73 Å². The van der Waals surface area contributed by atoms with Gasteiger partial charge in [-0.15, -0.1) is 0 Å². The van der Waals surface area contributed by atoms with Gasteiger partial charge in [0.1, 0.15) is 0 Å². The Balaban J connectivity index is 2.64. The van der Waals surface area contributed by atoms with Crippen molar-refractivity contribution in [2.24, 2.45) is 11.7 Å². The molecule has 0 aromatic heterocycles. The Morgan fingerprint density at radius 2 is 2.18 bits per heavy atom. The number of hydrogen-bond donors (Lipinski definition) is 1. The maximum atomic E-state index is 11.2. The molecule has 2 N–H and O–H groups in total. The second kappa shape index (κ2) is 3.11. The standard InChI is InChI=1S/C7H15NO2S/c1-6-7(2-4-8)3-5-11(6,9)10/h6-7H,2-5,8H2,1H3. The maximum Gasteiger partial charge on any atom is 0.153 e. The van der Waals surface area contributed by atoms with Crippen LogP contribution in [0.15, 0.2) is 0 Å². The largest absolute Gasteiger partial charge is 0.330 e. The molecule has 2 unspecified atom stereocenters. The average Bonchev–Trinajstić information content (AvgIpc) is 2.17. The summed E-state index contributed by atoms with van der Waals surface area (Å²) in [6.07, 6.45) is 1.65. The van der Waals surface area contributed by atoms with Gasteiger partial charge in [-0.05, 0) is 32.2 Å². The Hall–Kier alpha value is -0.0900. The Labute approximate surface area is 67.9 Å². The highest BCUT2D eigenvalue weighted by molar-refractivity contribution is 7.92. The lowest BCUT2D eigenvalue weighted by Gasteiger charge is -2.11. The molecule has 0 aromatic rings. The van der Waals surface area contributed by atoms with Crippen molar-refractivity contribution in [1.82, 2.24) is 0 Å². The molecule has 11 heavy (non-hydrogen) atoms. The molecule has 0 spiro atoms. The van der Waals surface area contributed by atoms with Gasteiger partial charge in [-0.2, -0.15) is 0 Å². The first-order valence-corrected chi connectivity index (χ1v) is 5.71. The molecule has 0 bridgehead atoms. The van der Waals surface area contributed by atoms with Crippen LogP contribution in [0.4, 0.5) is 0 Å². The van der Waals surface area contributed by atoms with E-state index in [1.165, 1.54) is 0 Å². The summed E-state index contributed by atoms with van der Waals surface area (Å²) >= 11 is 0. The molecule has 66 valence electrons. The molecule has 0 radical (unpaired) electrons. The molecule has 1 fully saturated rings. The summed E-state index contributed by atoms with van der Waals surface area (Å²) in [6.45, 7) is 2.40. The monoisotopic (exact) mass is 177 g/mol. The van der Waals surface area contributed by atoms with Gasteiger partial charge in [-0.3, -0.25) is 0 Å². The molecule has 1 saturated heterocycles. The third kappa shape index (κ3) is 1.73. The highest BCUT2D eigenvalue weighted by Crippen LogP contribution is 2.28. The van der Waals surface area contributed by atoms with E-state index in [9.17, 15) is 8.42 Å². The van der Waals surface area contributed by atoms with Gasteiger partial charge in [0.15, 0.2) is 9.84 Å². The fourth-order valence-electron chi connectivity index (χ4n) is 1.62. The summed E-state index contributed by atoms with van der Waals surface area (Å²) < 4.78 is 22.4. The zero-order chi connectivity index (χ0) is 8.48. The normalized spacial score (nSPS) is 35.8. The molecule has 1 aliphatic heterocycles. The van der Waals surface area contributed by atoms with E-state index in [-0.39, 0.29) is 5.25 Å². The number of nitrogens with two attached hydrogens (primary N) is 1. The van der Waals surface area contributed by atoms with Crippen LogP contribution in [-0.2, 0) is 9.84 Å². The van der Waals surface area contributed by atoms with Gasteiger partial charge in [0, 0.05) is 0 Å². The number of sulfone groups is 1. The predicted octanol–water partition coefficient (Wildman–Crippen LogP) is 0.158. The van der Waals surface area contributed by atoms with Gasteiger partial charge < -0.3 is 5.73 Å². The highest BCUT2D eigenvalue weighted by Gasteiger charge is 2.35. The number of rotatable bonds is 2. The van der Waals surface area contributed by atoms with Crippen LogP contribution in [0.25, 0.3) is 0 Å². The molecule has 0 saturated carbocycles. The quantitative estimate of drug-likeness (QED) is 0.653. The Morgan fingerprint density at radius 3 is 2.55 bits per heavy atom. The second-order valence-corrected chi connectivity index (χ2v) is 5.68. The van der Waals surface area contributed by atoms with Crippen LogP contribution in [0.1, 0.15) is 19.8 Å². The summed E-state index contributed by atoms with van der Waals surface area (Å²) in [7, 11) is -2.75. The molecule has 3 nitrogen and oxygen atoms in total. The number of hydrogen-bond acceptors (Lipinski definition) is 3. The average molecular weight is 177 g/mol. The lowest BCUT2D eigenvalue weighted by molar-refractivity contribution is 0.489. The van der Waals surface area contributed by atoms with Gasteiger partial charge in [0.25, 0.3) is 0 Å². The highest BCUT2D eigenvalue weighted by atomic mass is 32.2. The van der Waals surface area contributed by atoms with E-state index in [1.807, 2.05) is 0 Å². The third-order valence-electron chi connectivity index (χ3n) is 2.54. The van der Waals surface area contributed by atoms with Crippen molar-refractivity contribution >= 4 is 9.84 Å². The van der Waals surface area contributed by atoms with Crippen LogP contribution in [0.5, 0.6) is 0 Å². The SMILES string of the molecule is CC1C(CCN)CCS1(=O)=O. The zero-order valence-corrected chi connectivity index (χ0v) is 7.60. The van der Waals surface area contributed by atoms with E-state index >= 15 is 0 Å². The maximum absolute atomic E-state index is 11.2. The topological polar surface area (TPSA) is 60.2 Å². The first-order chi connectivity index (χ1) is 5.08. The second-order valence-electron chi connectivity index (χ2n) is 3.20. The minimum absolute atomic E-state index is 0.161. The van der Waals surface area contributed by atoms with Crippen molar-refractivity contribution in [3.63, 3.8) is 0 Å². The van der Waals surface area contributed by atoms with Crippen LogP contribution in [0.2, 0.25) is 0 Å². The Kier molecular flexibility index (Phi) is 2.54. The molecule has 0 aliphatic carbocycles. The molecule has 1 heterocycles. The first kappa shape index (κ1) is 9.00. The van der Waals surface area contributed by atoms with Gasteiger partial charge in [0.2, 0.25) is 0 Å². The molecule has 0 aromatic carbocycles. The summed E-state index contributed by atoms with van der Waals surface area (Å²) in [5.41, 5.74) is 5.36. The van der Waals surface area contributed by atoms with Crippen molar-refractivity contribution in [1.29, 1.82) is 0 Å². The van der Waals surface area contributed by atoms with Crippen LogP contribution in [-0.4, -0.2) is 26.0 Å². The van der Waals surface area contributed by atoms with Crippen molar-refractivity contribution in [2.75, 3.05) is 12.3 Å². The van der Waals surface area contributed by atoms with E-state index in [0.717, 1.165) is 12.8 Å². The fraction of sp³-hybridized carbons (Fsp3) is 1.00. The van der Waals surface area contributed by atoms with E-state index in [4.69, 9.17) is 5.73 Å². The van der Waals surface area contributed by atoms with E-state index < -0.39 is 9.84 Å². The molecule has 1 aliphatic rings. The van der Waals surface area contributed by atoms with Crippen LogP contribution in [0.3, 0.4) is 0 Å². The minimum Gasteiger partial charge on any atom is -0.330 e. The summed E-state index contributed by atoms with van der Waals surface area (Å²) in [5.74, 6) is 0.670. The van der Waals surface area contributed by atoms with Crippen molar-refractivity contribution < 1.29 is 8.42 Å². The minimum atomic E-state index is -2.75. The Morgan fingerprint density at radius 1 is 1.55 bits per heavy atom. The van der Waals surface area contributed by atoms with Crippen molar-refractivity contribution in [3.8, 4) is 0 Å². The van der Waals surface area contributed by atoms with E-state index in [1.54, 1.807) is 6.92 Å². The summed E-state index contributed by atoms with van der Waals surface area (Å²) in [4.78, 5) is 0. The molecular weight excluding hydrogens is 162 g/mol. The summed E-state index contributed by atoms with van der Waals surface area (Å²) in [5, 5.41) is -0.161. The van der Waals surface area contributed by atoms with Gasteiger partial charge in [-0.1, -0.05) is 0 Å². The molecule has 1 rings (SSSR count). The Bertz CT molecular complexity index is 223. The van der Waals surface area contributed by atoms with E-state index in [0.29, 0.717) is 18.2 Å². The van der Waals surface area contributed by atoms with Gasteiger partial charge >= 0.3 is 0 Å². The lowest BCUT2D eigenvalue weighted by Crippen LogP contribution is -2.20. The molecule has 2 atom stereocenters. The predicted molar refractivity (Wildman–Crippen MR) is 45.0 cm³/mol. The third-order valence-corrected chi connectivity index (χ3v) is 4.86.